The van der Waals surface area contributed by atoms with Crippen LogP contribution in [0.15, 0.2) is 78.9 Å². The molecule has 0 unspecified atom stereocenters. The van der Waals surface area contributed by atoms with Gasteiger partial charge in [-0.2, -0.15) is 18.3 Å². The first kappa shape index (κ1) is 21.8. The van der Waals surface area contributed by atoms with E-state index in [2.05, 4.69) is 5.10 Å². The number of alkyl halides is 3. The minimum atomic E-state index is -4.63. The van der Waals surface area contributed by atoms with Crippen molar-refractivity contribution in [3.05, 3.63) is 95.7 Å². The monoisotopic (exact) mass is 450 g/mol. The molecule has 0 saturated carbocycles. The molecular formula is C24H17F3N4O2. The zero-order valence-corrected chi connectivity index (χ0v) is 17.0. The Hall–Kier alpha value is -4.40. The van der Waals surface area contributed by atoms with Gasteiger partial charge in [-0.3, -0.25) is 9.59 Å². The number of primary amides is 2. The highest BCUT2D eigenvalue weighted by molar-refractivity contribution is 5.93. The zero-order chi connectivity index (χ0) is 23.8. The molecule has 4 N–H and O–H groups in total. The lowest BCUT2D eigenvalue weighted by atomic mass is 10.0. The number of carbonyl (C=O) groups is 2. The van der Waals surface area contributed by atoms with Crippen molar-refractivity contribution in [2.45, 2.75) is 6.18 Å². The van der Waals surface area contributed by atoms with E-state index in [0.29, 0.717) is 16.8 Å². The van der Waals surface area contributed by atoms with Gasteiger partial charge in [0.15, 0.2) is 5.69 Å². The van der Waals surface area contributed by atoms with Crippen LogP contribution >= 0.6 is 0 Å². The highest BCUT2D eigenvalue weighted by atomic mass is 19.4. The van der Waals surface area contributed by atoms with Crippen molar-refractivity contribution in [2.75, 3.05) is 0 Å². The molecule has 0 atom stereocenters. The summed E-state index contributed by atoms with van der Waals surface area (Å²) >= 11 is 0. The van der Waals surface area contributed by atoms with Crippen LogP contribution in [-0.4, -0.2) is 21.6 Å². The first-order chi connectivity index (χ1) is 15.6. The Kier molecular flexibility index (Phi) is 5.47. The topological polar surface area (TPSA) is 104 Å². The molecule has 0 radical (unpaired) electrons. The SMILES string of the molecule is NC(=O)c1ccc(-c2ccc(-c3cc(C(F)(F)F)nn3-c3ccc(C(N)=O)cc3)cc2)cc1. The maximum absolute atomic E-state index is 13.4. The first-order valence-electron chi connectivity index (χ1n) is 9.71. The van der Waals surface area contributed by atoms with Gasteiger partial charge >= 0.3 is 6.18 Å². The summed E-state index contributed by atoms with van der Waals surface area (Å²) in [5.41, 5.74) is 12.8. The van der Waals surface area contributed by atoms with E-state index in [4.69, 9.17) is 11.5 Å². The number of amides is 2. The van der Waals surface area contributed by atoms with Crippen molar-refractivity contribution < 1.29 is 22.8 Å². The van der Waals surface area contributed by atoms with Crippen molar-refractivity contribution in [3.8, 4) is 28.1 Å². The van der Waals surface area contributed by atoms with Crippen molar-refractivity contribution >= 4 is 11.8 Å². The number of benzene rings is 3. The normalized spacial score (nSPS) is 11.4. The second-order valence-corrected chi connectivity index (χ2v) is 7.25. The molecule has 33 heavy (non-hydrogen) atoms. The average Bonchev–Trinajstić information content (AvgIpc) is 3.25. The van der Waals surface area contributed by atoms with Crippen LogP contribution in [0.5, 0.6) is 0 Å². The van der Waals surface area contributed by atoms with Crippen molar-refractivity contribution in [2.24, 2.45) is 11.5 Å². The van der Waals surface area contributed by atoms with E-state index in [1.165, 1.54) is 28.9 Å². The maximum atomic E-state index is 13.4. The summed E-state index contributed by atoms with van der Waals surface area (Å²) in [5, 5.41) is 3.74. The molecule has 0 aliphatic carbocycles. The molecule has 0 bridgehead atoms. The quantitative estimate of drug-likeness (QED) is 0.470. The fourth-order valence-corrected chi connectivity index (χ4v) is 3.35. The van der Waals surface area contributed by atoms with Crippen LogP contribution in [0.4, 0.5) is 13.2 Å². The molecule has 0 saturated heterocycles. The van der Waals surface area contributed by atoms with Crippen molar-refractivity contribution in [1.82, 2.24) is 9.78 Å². The van der Waals surface area contributed by atoms with Gasteiger partial charge in [-0.1, -0.05) is 36.4 Å². The fourth-order valence-electron chi connectivity index (χ4n) is 3.35. The maximum Gasteiger partial charge on any atom is 0.435 e. The van der Waals surface area contributed by atoms with Crippen LogP contribution in [0.3, 0.4) is 0 Å². The second-order valence-electron chi connectivity index (χ2n) is 7.25. The number of aromatic nitrogens is 2. The van der Waals surface area contributed by atoms with Gasteiger partial charge in [-0.25, -0.2) is 4.68 Å². The molecule has 0 aliphatic rings. The number of carbonyl (C=O) groups excluding carboxylic acids is 2. The lowest BCUT2D eigenvalue weighted by Crippen LogP contribution is -2.11. The third-order valence-corrected chi connectivity index (χ3v) is 5.08. The number of hydrogen-bond donors (Lipinski definition) is 2. The van der Waals surface area contributed by atoms with Gasteiger partial charge in [0.2, 0.25) is 11.8 Å². The van der Waals surface area contributed by atoms with Gasteiger partial charge in [0, 0.05) is 16.7 Å². The highest BCUT2D eigenvalue weighted by Crippen LogP contribution is 2.34. The Labute approximate surface area is 186 Å². The summed E-state index contributed by atoms with van der Waals surface area (Å²) in [6.07, 6.45) is -4.63. The van der Waals surface area contributed by atoms with Crippen LogP contribution < -0.4 is 11.5 Å². The Morgan fingerprint density at radius 2 is 1.12 bits per heavy atom. The van der Waals surface area contributed by atoms with Crippen molar-refractivity contribution in [3.63, 3.8) is 0 Å². The van der Waals surface area contributed by atoms with Gasteiger partial charge in [-0.05, 0) is 53.6 Å². The van der Waals surface area contributed by atoms with E-state index in [1.807, 2.05) is 0 Å². The van der Waals surface area contributed by atoms with Crippen LogP contribution in [0.2, 0.25) is 0 Å². The molecule has 0 fully saturated rings. The van der Waals surface area contributed by atoms with E-state index in [1.54, 1.807) is 48.5 Å². The minimum absolute atomic E-state index is 0.227. The minimum Gasteiger partial charge on any atom is -0.366 e. The largest absolute Gasteiger partial charge is 0.435 e. The second kappa shape index (κ2) is 8.27. The summed E-state index contributed by atoms with van der Waals surface area (Å²) in [7, 11) is 0. The van der Waals surface area contributed by atoms with Crippen molar-refractivity contribution in [1.29, 1.82) is 0 Å². The van der Waals surface area contributed by atoms with E-state index < -0.39 is 23.7 Å². The van der Waals surface area contributed by atoms with E-state index in [9.17, 15) is 22.8 Å². The fraction of sp³-hybridized carbons (Fsp3) is 0.0417. The van der Waals surface area contributed by atoms with E-state index >= 15 is 0 Å². The van der Waals surface area contributed by atoms with Crippen LogP contribution in [-0.2, 0) is 6.18 Å². The lowest BCUT2D eigenvalue weighted by Gasteiger charge is -2.09. The summed E-state index contributed by atoms with van der Waals surface area (Å²) in [6.45, 7) is 0. The Morgan fingerprint density at radius 1 is 0.697 bits per heavy atom. The first-order valence-corrected chi connectivity index (χ1v) is 9.71. The van der Waals surface area contributed by atoms with Gasteiger partial charge < -0.3 is 11.5 Å². The molecule has 1 heterocycles. The van der Waals surface area contributed by atoms with Gasteiger partial charge in [0.1, 0.15) is 0 Å². The Bertz CT molecular complexity index is 1320. The highest BCUT2D eigenvalue weighted by Gasteiger charge is 2.35. The molecule has 1 aromatic heterocycles. The van der Waals surface area contributed by atoms with Gasteiger partial charge in [-0.15, -0.1) is 0 Å². The molecule has 4 aromatic rings. The molecule has 0 aliphatic heterocycles. The molecule has 4 rings (SSSR count). The summed E-state index contributed by atoms with van der Waals surface area (Å²) in [5.74, 6) is -1.17. The zero-order valence-electron chi connectivity index (χ0n) is 17.0. The summed E-state index contributed by atoms with van der Waals surface area (Å²) in [6, 6.07) is 20.3. The molecule has 0 spiro atoms. The average molecular weight is 450 g/mol. The number of halogens is 3. The lowest BCUT2D eigenvalue weighted by molar-refractivity contribution is -0.141. The number of rotatable bonds is 5. The molecule has 166 valence electrons. The number of nitrogens with zero attached hydrogens (tertiary/aromatic N) is 2. The van der Waals surface area contributed by atoms with Crippen LogP contribution in [0.1, 0.15) is 26.4 Å². The van der Waals surface area contributed by atoms with Crippen LogP contribution in [0, 0.1) is 0 Å². The third kappa shape index (κ3) is 4.47. The number of nitrogens with two attached hydrogens (primary N) is 2. The summed E-state index contributed by atoms with van der Waals surface area (Å²) < 4.78 is 41.3. The molecule has 2 amide bonds. The Balaban J connectivity index is 1.74. The number of hydrogen-bond acceptors (Lipinski definition) is 3. The predicted molar refractivity (Wildman–Crippen MR) is 116 cm³/mol. The van der Waals surface area contributed by atoms with Gasteiger partial charge in [0.25, 0.3) is 0 Å². The molecular weight excluding hydrogens is 433 g/mol. The molecule has 9 heteroatoms. The standard InChI is InChI=1S/C24H17F3N4O2/c25-24(26,27)21-13-20(31(30-21)19-11-9-18(10-12-19)23(29)33)16-5-1-14(2-6-16)15-3-7-17(8-4-15)22(28)32/h1-13H,(H2,28,32)(H2,29,33). The Morgan fingerprint density at radius 3 is 1.58 bits per heavy atom. The smallest absolute Gasteiger partial charge is 0.366 e. The van der Waals surface area contributed by atoms with Crippen LogP contribution in [0.25, 0.3) is 28.1 Å². The summed E-state index contributed by atoms with van der Waals surface area (Å²) in [4.78, 5) is 22.5. The molecule has 3 aromatic carbocycles. The van der Waals surface area contributed by atoms with E-state index in [-0.39, 0.29) is 11.3 Å². The molecule has 6 nitrogen and oxygen atoms in total. The van der Waals surface area contributed by atoms with E-state index in [0.717, 1.165) is 17.2 Å². The van der Waals surface area contributed by atoms with Gasteiger partial charge in [0.05, 0.1) is 11.4 Å². The predicted octanol–water partition coefficient (Wildman–Crippen LogP) is 4.42. The third-order valence-electron chi connectivity index (χ3n) is 5.08.